The SMILES string of the molecule is C/C=C/C(CN=C(C)N)SC[C@](C)(N)C(=O)O. The highest BCUT2D eigenvalue weighted by atomic mass is 32.2. The van der Waals surface area contributed by atoms with Crippen LogP contribution in [0.4, 0.5) is 0 Å². The highest BCUT2D eigenvalue weighted by Crippen LogP contribution is 2.18. The van der Waals surface area contributed by atoms with Crippen LogP contribution >= 0.6 is 11.8 Å². The van der Waals surface area contributed by atoms with Crippen molar-refractivity contribution in [3.63, 3.8) is 0 Å². The van der Waals surface area contributed by atoms with Gasteiger partial charge >= 0.3 is 5.97 Å². The molecule has 98 valence electrons. The van der Waals surface area contributed by atoms with Crippen molar-refractivity contribution in [3.05, 3.63) is 12.2 Å². The summed E-state index contributed by atoms with van der Waals surface area (Å²) < 4.78 is 0. The summed E-state index contributed by atoms with van der Waals surface area (Å²) >= 11 is 1.47. The van der Waals surface area contributed by atoms with Gasteiger partial charge < -0.3 is 16.6 Å². The minimum Gasteiger partial charge on any atom is -0.480 e. The molecule has 0 aromatic carbocycles. The van der Waals surface area contributed by atoms with Crippen molar-refractivity contribution in [2.45, 2.75) is 31.6 Å². The van der Waals surface area contributed by atoms with Gasteiger partial charge in [-0.25, -0.2) is 0 Å². The molecule has 0 rings (SSSR count). The molecule has 0 aliphatic rings. The predicted octanol–water partition coefficient (Wildman–Crippen LogP) is 0.843. The number of nitrogens with two attached hydrogens (primary N) is 2. The maximum atomic E-state index is 10.9. The second-order valence-corrected chi connectivity index (χ2v) is 5.31. The zero-order chi connectivity index (χ0) is 13.5. The van der Waals surface area contributed by atoms with E-state index >= 15 is 0 Å². The van der Waals surface area contributed by atoms with Crippen LogP contribution in [0.5, 0.6) is 0 Å². The Morgan fingerprint density at radius 3 is 2.65 bits per heavy atom. The van der Waals surface area contributed by atoms with Gasteiger partial charge in [-0.1, -0.05) is 12.2 Å². The fourth-order valence-corrected chi connectivity index (χ4v) is 2.09. The Kier molecular flexibility index (Phi) is 6.91. The highest BCUT2D eigenvalue weighted by molar-refractivity contribution is 8.00. The van der Waals surface area contributed by atoms with Gasteiger partial charge in [0.15, 0.2) is 0 Å². The first-order valence-electron chi connectivity index (χ1n) is 5.33. The molecular formula is C11H21N3O2S. The summed E-state index contributed by atoms with van der Waals surface area (Å²) in [6.07, 6.45) is 3.88. The number of aliphatic carboxylic acids is 1. The fraction of sp³-hybridized carbons (Fsp3) is 0.636. The van der Waals surface area contributed by atoms with Crippen LogP contribution in [0.3, 0.4) is 0 Å². The topological polar surface area (TPSA) is 102 Å². The van der Waals surface area contributed by atoms with Crippen LogP contribution in [0, 0.1) is 0 Å². The third-order valence-electron chi connectivity index (χ3n) is 2.01. The Balaban J connectivity index is 4.37. The molecule has 1 unspecified atom stereocenters. The van der Waals surface area contributed by atoms with Crippen LogP contribution in [0.1, 0.15) is 20.8 Å². The molecule has 0 aromatic rings. The van der Waals surface area contributed by atoms with Crippen molar-refractivity contribution < 1.29 is 9.90 Å². The first-order chi connectivity index (χ1) is 7.79. The molecule has 5 nitrogen and oxygen atoms in total. The van der Waals surface area contributed by atoms with Crippen molar-refractivity contribution in [1.29, 1.82) is 0 Å². The zero-order valence-corrected chi connectivity index (χ0v) is 11.3. The van der Waals surface area contributed by atoms with E-state index in [2.05, 4.69) is 4.99 Å². The first kappa shape index (κ1) is 16.0. The van der Waals surface area contributed by atoms with Gasteiger partial charge in [-0.2, -0.15) is 0 Å². The molecule has 0 heterocycles. The average Bonchev–Trinajstić information content (AvgIpc) is 2.21. The standard InChI is InChI=1S/C11H21N3O2S/c1-4-5-9(6-14-8(2)12)17-7-11(3,13)10(15)16/h4-5,9H,6-7,13H2,1-3H3,(H2,12,14)(H,15,16)/b5-4+/t9?,11-/m0/s1. The number of nitrogens with zero attached hydrogens (tertiary/aromatic N) is 1. The van der Waals surface area contributed by atoms with Gasteiger partial charge in [0, 0.05) is 11.0 Å². The van der Waals surface area contributed by atoms with Gasteiger partial charge in [-0.05, 0) is 20.8 Å². The number of hydrogen-bond donors (Lipinski definition) is 3. The summed E-state index contributed by atoms with van der Waals surface area (Å²) in [5.41, 5.74) is 9.90. The van der Waals surface area contributed by atoms with Crippen LogP contribution in [0.15, 0.2) is 17.1 Å². The molecule has 0 aliphatic heterocycles. The van der Waals surface area contributed by atoms with E-state index in [0.717, 1.165) is 0 Å². The normalized spacial score (nSPS) is 18.0. The van der Waals surface area contributed by atoms with E-state index in [1.165, 1.54) is 18.7 Å². The average molecular weight is 259 g/mol. The molecule has 0 radical (unpaired) electrons. The Bertz CT molecular complexity index is 310. The van der Waals surface area contributed by atoms with E-state index in [0.29, 0.717) is 18.1 Å². The van der Waals surface area contributed by atoms with Gasteiger partial charge in [0.1, 0.15) is 5.54 Å². The molecule has 0 saturated carbocycles. The lowest BCUT2D eigenvalue weighted by atomic mass is 10.1. The molecule has 0 saturated heterocycles. The molecule has 6 heteroatoms. The van der Waals surface area contributed by atoms with Crippen molar-refractivity contribution in [2.24, 2.45) is 16.5 Å². The van der Waals surface area contributed by atoms with Crippen molar-refractivity contribution in [3.8, 4) is 0 Å². The lowest BCUT2D eigenvalue weighted by Gasteiger charge is -2.20. The van der Waals surface area contributed by atoms with E-state index in [4.69, 9.17) is 16.6 Å². The first-order valence-corrected chi connectivity index (χ1v) is 6.37. The minimum atomic E-state index is -1.22. The number of amidine groups is 1. The second kappa shape index (κ2) is 7.34. The summed E-state index contributed by atoms with van der Waals surface area (Å²) in [5, 5.41) is 9.00. The van der Waals surface area contributed by atoms with Crippen molar-refractivity contribution >= 4 is 23.6 Å². The molecule has 0 fully saturated rings. The van der Waals surface area contributed by atoms with Gasteiger partial charge in [0.2, 0.25) is 0 Å². The van der Waals surface area contributed by atoms with Gasteiger partial charge in [-0.15, -0.1) is 11.8 Å². The van der Waals surface area contributed by atoms with Crippen molar-refractivity contribution in [1.82, 2.24) is 0 Å². The number of hydrogen-bond acceptors (Lipinski definition) is 4. The predicted molar refractivity (Wildman–Crippen MR) is 73.5 cm³/mol. The van der Waals surface area contributed by atoms with Crippen LogP contribution in [0.2, 0.25) is 0 Å². The third-order valence-corrected chi connectivity index (χ3v) is 3.51. The maximum Gasteiger partial charge on any atom is 0.324 e. The molecule has 0 aliphatic carbocycles. The molecule has 2 atom stereocenters. The largest absolute Gasteiger partial charge is 0.480 e. The van der Waals surface area contributed by atoms with E-state index < -0.39 is 11.5 Å². The number of carboxylic acid groups (broad SMARTS) is 1. The number of carboxylic acids is 1. The molecular weight excluding hydrogens is 238 g/mol. The Morgan fingerprint density at radius 1 is 1.65 bits per heavy atom. The third kappa shape index (κ3) is 7.01. The minimum absolute atomic E-state index is 0.0979. The van der Waals surface area contributed by atoms with Crippen LogP contribution in [0.25, 0.3) is 0 Å². The lowest BCUT2D eigenvalue weighted by Crippen LogP contribution is -2.47. The van der Waals surface area contributed by atoms with Crippen LogP contribution in [-0.2, 0) is 4.79 Å². The van der Waals surface area contributed by atoms with Gasteiger partial charge in [-0.3, -0.25) is 9.79 Å². The highest BCUT2D eigenvalue weighted by Gasteiger charge is 2.28. The number of rotatable bonds is 7. The molecule has 0 aromatic heterocycles. The number of thioether (sulfide) groups is 1. The number of allylic oxidation sites excluding steroid dienone is 1. The Labute approximate surface area is 106 Å². The van der Waals surface area contributed by atoms with Crippen LogP contribution in [-0.4, -0.2) is 40.0 Å². The van der Waals surface area contributed by atoms with E-state index in [1.807, 2.05) is 19.1 Å². The van der Waals surface area contributed by atoms with E-state index in [1.54, 1.807) is 6.92 Å². The zero-order valence-electron chi connectivity index (χ0n) is 10.5. The van der Waals surface area contributed by atoms with E-state index in [-0.39, 0.29) is 5.25 Å². The van der Waals surface area contributed by atoms with E-state index in [9.17, 15) is 4.79 Å². The summed E-state index contributed by atoms with van der Waals surface area (Å²) in [6.45, 7) is 5.67. The van der Waals surface area contributed by atoms with Gasteiger partial charge in [0.25, 0.3) is 0 Å². The van der Waals surface area contributed by atoms with Crippen LogP contribution < -0.4 is 11.5 Å². The van der Waals surface area contributed by atoms with Gasteiger partial charge in [0.05, 0.1) is 12.4 Å². The Hall–Kier alpha value is -1.01. The maximum absolute atomic E-state index is 10.9. The lowest BCUT2D eigenvalue weighted by molar-refractivity contribution is -0.141. The summed E-state index contributed by atoms with van der Waals surface area (Å²) in [5.74, 6) is -0.146. The second-order valence-electron chi connectivity index (χ2n) is 4.08. The Morgan fingerprint density at radius 2 is 2.24 bits per heavy atom. The molecule has 17 heavy (non-hydrogen) atoms. The summed E-state index contributed by atoms with van der Waals surface area (Å²) in [7, 11) is 0. The molecule has 0 spiro atoms. The molecule has 0 amide bonds. The quantitative estimate of drug-likeness (QED) is 0.357. The summed E-state index contributed by atoms with van der Waals surface area (Å²) in [6, 6.07) is 0. The molecule has 5 N–H and O–H groups in total. The summed E-state index contributed by atoms with van der Waals surface area (Å²) in [4.78, 5) is 15.0. The van der Waals surface area contributed by atoms with Crippen molar-refractivity contribution in [2.75, 3.05) is 12.3 Å². The smallest absolute Gasteiger partial charge is 0.324 e. The number of aliphatic imine (C=N–C) groups is 1. The number of carbonyl (C=O) groups is 1. The fourth-order valence-electron chi connectivity index (χ4n) is 0.960. The molecule has 0 bridgehead atoms. The monoisotopic (exact) mass is 259 g/mol.